The van der Waals surface area contributed by atoms with Crippen LogP contribution < -0.4 is 5.32 Å². The number of nitrogens with one attached hydrogen (secondary N) is 2. The summed E-state index contributed by atoms with van der Waals surface area (Å²) < 4.78 is 0. The molecule has 106 valence electrons. The van der Waals surface area contributed by atoms with Gasteiger partial charge in [0, 0.05) is 32.3 Å². The Morgan fingerprint density at radius 2 is 2.20 bits per heavy atom. The summed E-state index contributed by atoms with van der Waals surface area (Å²) in [4.78, 5) is 21.9. The van der Waals surface area contributed by atoms with Crippen molar-refractivity contribution in [3.63, 3.8) is 0 Å². The van der Waals surface area contributed by atoms with Crippen LogP contribution in [0.1, 0.15) is 25.5 Å². The monoisotopic (exact) mass is 274 g/mol. The third-order valence-corrected chi connectivity index (χ3v) is 3.78. The number of nitrogens with zero attached hydrogens (tertiary/aromatic N) is 4. The number of H-pyrrole nitrogens is 1. The van der Waals surface area contributed by atoms with Crippen molar-refractivity contribution in [3.8, 4) is 0 Å². The van der Waals surface area contributed by atoms with Crippen LogP contribution in [0.5, 0.6) is 0 Å². The van der Waals surface area contributed by atoms with Gasteiger partial charge < -0.3 is 10.2 Å². The maximum atomic E-state index is 11.3. The lowest BCUT2D eigenvalue weighted by atomic mass is 10.1. The van der Waals surface area contributed by atoms with Crippen LogP contribution in [0.3, 0.4) is 0 Å². The van der Waals surface area contributed by atoms with Gasteiger partial charge in [0.15, 0.2) is 5.65 Å². The molecular weight excluding hydrogens is 256 g/mol. The van der Waals surface area contributed by atoms with Crippen LogP contribution in [-0.4, -0.2) is 50.1 Å². The fourth-order valence-corrected chi connectivity index (χ4v) is 2.52. The molecule has 1 aliphatic rings. The molecule has 2 aromatic rings. The molecule has 0 bridgehead atoms. The first-order valence-electron chi connectivity index (χ1n) is 6.83. The highest BCUT2D eigenvalue weighted by molar-refractivity contribution is 5.77. The van der Waals surface area contributed by atoms with E-state index in [1.807, 2.05) is 11.8 Å². The number of fused-ring (bicyclic) bond motifs is 1. The number of aromatic nitrogens is 4. The summed E-state index contributed by atoms with van der Waals surface area (Å²) in [6.07, 6.45) is 3.63. The summed E-state index contributed by atoms with van der Waals surface area (Å²) in [7, 11) is 0. The third-order valence-electron chi connectivity index (χ3n) is 3.78. The van der Waals surface area contributed by atoms with Crippen LogP contribution in [0.2, 0.25) is 0 Å². The number of hydrogen-bond donors (Lipinski definition) is 2. The molecule has 7 heteroatoms. The molecule has 20 heavy (non-hydrogen) atoms. The zero-order valence-corrected chi connectivity index (χ0v) is 11.7. The first kappa shape index (κ1) is 12.8. The summed E-state index contributed by atoms with van der Waals surface area (Å²) in [6, 6.07) is 0.312. The van der Waals surface area contributed by atoms with Gasteiger partial charge in [-0.1, -0.05) is 0 Å². The van der Waals surface area contributed by atoms with E-state index in [1.54, 1.807) is 13.1 Å². The molecule has 0 unspecified atom stereocenters. The molecule has 0 spiro atoms. The summed E-state index contributed by atoms with van der Waals surface area (Å²) in [5, 5.41) is 11.3. The molecule has 2 aromatic heterocycles. The number of likely N-dealkylation sites (tertiary alicyclic amines) is 1. The number of rotatable bonds is 2. The molecule has 3 heterocycles. The normalized spacial score (nSPS) is 16.6. The second kappa shape index (κ2) is 5.07. The van der Waals surface area contributed by atoms with E-state index in [1.165, 1.54) is 0 Å². The summed E-state index contributed by atoms with van der Waals surface area (Å²) in [5.74, 6) is 0.761. The van der Waals surface area contributed by atoms with Gasteiger partial charge in [0.05, 0.1) is 11.1 Å². The van der Waals surface area contributed by atoms with Gasteiger partial charge in [-0.2, -0.15) is 10.1 Å². The Labute approximate surface area is 116 Å². The summed E-state index contributed by atoms with van der Waals surface area (Å²) in [5.41, 5.74) is 1.66. The molecule has 2 N–H and O–H groups in total. The van der Waals surface area contributed by atoms with Gasteiger partial charge >= 0.3 is 0 Å². The number of anilines is 1. The number of carbonyl (C=O) groups excluding carboxylic acids is 1. The first-order valence-corrected chi connectivity index (χ1v) is 6.83. The topological polar surface area (TPSA) is 86.8 Å². The number of piperidine rings is 1. The molecule has 1 amide bonds. The van der Waals surface area contributed by atoms with Crippen LogP contribution in [0.25, 0.3) is 11.0 Å². The fourth-order valence-electron chi connectivity index (χ4n) is 2.52. The zero-order valence-electron chi connectivity index (χ0n) is 11.7. The van der Waals surface area contributed by atoms with Crippen molar-refractivity contribution in [2.24, 2.45) is 0 Å². The average Bonchev–Trinajstić information content (AvgIpc) is 2.81. The molecule has 0 saturated carbocycles. The fraction of sp³-hybridized carbons (Fsp3) is 0.538. The first-order chi connectivity index (χ1) is 9.63. The molecule has 7 nitrogen and oxygen atoms in total. The van der Waals surface area contributed by atoms with Gasteiger partial charge in [-0.15, -0.1) is 0 Å². The highest BCUT2D eigenvalue weighted by Gasteiger charge is 2.21. The van der Waals surface area contributed by atoms with Crippen molar-refractivity contribution in [2.75, 3.05) is 18.4 Å². The van der Waals surface area contributed by atoms with Crippen LogP contribution in [0, 0.1) is 6.92 Å². The van der Waals surface area contributed by atoms with Crippen LogP contribution >= 0.6 is 0 Å². The lowest BCUT2D eigenvalue weighted by Gasteiger charge is -2.31. The van der Waals surface area contributed by atoms with E-state index >= 15 is 0 Å². The van der Waals surface area contributed by atoms with Crippen LogP contribution in [-0.2, 0) is 4.79 Å². The Balaban J connectivity index is 1.66. The molecule has 3 rings (SSSR count). The molecule has 1 fully saturated rings. The van der Waals surface area contributed by atoms with Crippen molar-refractivity contribution >= 4 is 22.9 Å². The van der Waals surface area contributed by atoms with Crippen molar-refractivity contribution in [2.45, 2.75) is 32.7 Å². The van der Waals surface area contributed by atoms with E-state index in [0.29, 0.717) is 12.0 Å². The molecule has 1 aliphatic heterocycles. The van der Waals surface area contributed by atoms with E-state index in [2.05, 4.69) is 25.5 Å². The van der Waals surface area contributed by atoms with E-state index in [-0.39, 0.29) is 5.91 Å². The Bertz CT molecular complexity index is 629. The number of hydrogen-bond acceptors (Lipinski definition) is 5. The van der Waals surface area contributed by atoms with Gasteiger partial charge in [0.2, 0.25) is 11.9 Å². The predicted octanol–water partition coefficient (Wildman–Crippen LogP) is 1.08. The molecular formula is C13H18N6O. The maximum Gasteiger partial charge on any atom is 0.224 e. The van der Waals surface area contributed by atoms with Crippen molar-refractivity contribution in [1.29, 1.82) is 0 Å². The lowest BCUT2D eigenvalue weighted by Crippen LogP contribution is -2.41. The zero-order chi connectivity index (χ0) is 14.1. The van der Waals surface area contributed by atoms with Crippen LogP contribution in [0.4, 0.5) is 5.95 Å². The van der Waals surface area contributed by atoms with Gasteiger partial charge in [0.25, 0.3) is 0 Å². The number of aryl methyl sites for hydroxylation is 1. The predicted molar refractivity (Wildman–Crippen MR) is 75.3 cm³/mol. The van der Waals surface area contributed by atoms with Gasteiger partial charge in [-0.05, 0) is 19.8 Å². The van der Waals surface area contributed by atoms with E-state index in [4.69, 9.17) is 0 Å². The standard InChI is InChI=1S/C13H18N6O/c1-8-11-7-14-13(16-12(11)18-17-8)15-10-3-5-19(6-4-10)9(2)20/h7,10H,3-6H2,1-2H3,(H2,14,15,16,17,18). The molecule has 0 radical (unpaired) electrons. The lowest BCUT2D eigenvalue weighted by molar-refractivity contribution is -0.129. The Kier molecular flexibility index (Phi) is 3.25. The number of aromatic amines is 1. The quantitative estimate of drug-likeness (QED) is 0.856. The van der Waals surface area contributed by atoms with E-state index < -0.39 is 0 Å². The second-order valence-electron chi connectivity index (χ2n) is 5.19. The Morgan fingerprint density at radius 3 is 2.90 bits per heavy atom. The largest absolute Gasteiger partial charge is 0.351 e. The third kappa shape index (κ3) is 2.43. The summed E-state index contributed by atoms with van der Waals surface area (Å²) in [6.45, 7) is 5.12. The SMILES string of the molecule is CC(=O)N1CCC(Nc2ncc3c(C)n[nH]c3n2)CC1. The van der Waals surface area contributed by atoms with Crippen molar-refractivity contribution in [1.82, 2.24) is 25.1 Å². The molecule has 0 atom stereocenters. The van der Waals surface area contributed by atoms with Gasteiger partial charge in [-0.25, -0.2) is 4.98 Å². The Hall–Kier alpha value is -2.18. The molecule has 1 saturated heterocycles. The average molecular weight is 274 g/mol. The molecule has 0 aromatic carbocycles. The highest BCUT2D eigenvalue weighted by Crippen LogP contribution is 2.17. The minimum atomic E-state index is 0.147. The Morgan fingerprint density at radius 1 is 1.45 bits per heavy atom. The minimum Gasteiger partial charge on any atom is -0.351 e. The smallest absolute Gasteiger partial charge is 0.224 e. The number of amides is 1. The van der Waals surface area contributed by atoms with Crippen molar-refractivity contribution < 1.29 is 4.79 Å². The minimum absolute atomic E-state index is 0.147. The highest BCUT2D eigenvalue weighted by atomic mass is 16.2. The second-order valence-corrected chi connectivity index (χ2v) is 5.19. The van der Waals surface area contributed by atoms with Gasteiger partial charge in [-0.3, -0.25) is 9.89 Å². The van der Waals surface area contributed by atoms with E-state index in [0.717, 1.165) is 42.7 Å². The van der Waals surface area contributed by atoms with E-state index in [9.17, 15) is 4.79 Å². The summed E-state index contributed by atoms with van der Waals surface area (Å²) >= 11 is 0. The maximum absolute atomic E-state index is 11.3. The van der Waals surface area contributed by atoms with Crippen LogP contribution in [0.15, 0.2) is 6.20 Å². The van der Waals surface area contributed by atoms with Crippen molar-refractivity contribution in [3.05, 3.63) is 11.9 Å². The number of carbonyl (C=O) groups is 1. The molecule has 0 aliphatic carbocycles. The van der Waals surface area contributed by atoms with Gasteiger partial charge in [0.1, 0.15) is 0 Å².